The van der Waals surface area contributed by atoms with Crippen LogP contribution in [-0.4, -0.2) is 17.8 Å². The molecule has 1 saturated heterocycles. The maximum Gasteiger partial charge on any atom is 0.140 e. The molecule has 0 radical (unpaired) electrons. The van der Waals surface area contributed by atoms with Crippen LogP contribution in [0.1, 0.15) is 38.0 Å². The van der Waals surface area contributed by atoms with Gasteiger partial charge in [-0.3, -0.25) is 0 Å². The fourth-order valence-corrected chi connectivity index (χ4v) is 3.07. The Balaban J connectivity index is 2.13. The average Bonchev–Trinajstić information content (AvgIpc) is 2.77. The number of aliphatic hydroxyl groups is 1. The summed E-state index contributed by atoms with van der Waals surface area (Å²) in [6.45, 7) is 4.73. The van der Waals surface area contributed by atoms with E-state index >= 15 is 0 Å². The summed E-state index contributed by atoms with van der Waals surface area (Å²) >= 11 is 0. The van der Waals surface area contributed by atoms with Gasteiger partial charge in [0.25, 0.3) is 0 Å². The number of rotatable bonds is 2. The van der Waals surface area contributed by atoms with Gasteiger partial charge in [-0.05, 0) is 25.8 Å². The zero-order valence-electron chi connectivity index (χ0n) is 11.5. The lowest BCUT2D eigenvalue weighted by atomic mass is 9.88. The fourth-order valence-electron chi connectivity index (χ4n) is 3.07. The lowest BCUT2D eigenvalue weighted by Crippen LogP contribution is -2.37. The number of aryl methyl sites for hydroxylation is 1. The smallest absolute Gasteiger partial charge is 0.140 e. The predicted molar refractivity (Wildman–Crippen MR) is 74.1 cm³/mol. The number of ether oxygens (including phenoxy) is 1. The van der Waals surface area contributed by atoms with E-state index < -0.39 is 5.60 Å². The molecule has 102 valence electrons. The molecule has 2 heterocycles. The maximum atomic E-state index is 9.92. The van der Waals surface area contributed by atoms with Crippen molar-refractivity contribution in [2.75, 3.05) is 6.61 Å². The SMILES string of the molecule is CCc1c(C2(C)CC(O)CCO2)oc2ccccc12. The van der Waals surface area contributed by atoms with Crippen LogP contribution in [0.25, 0.3) is 11.0 Å². The number of aliphatic hydroxyl groups excluding tert-OH is 1. The molecule has 0 aliphatic carbocycles. The van der Waals surface area contributed by atoms with E-state index in [1.54, 1.807) is 0 Å². The lowest BCUT2D eigenvalue weighted by Gasteiger charge is -2.35. The molecule has 2 atom stereocenters. The van der Waals surface area contributed by atoms with Gasteiger partial charge in [0.1, 0.15) is 16.9 Å². The Morgan fingerprint density at radius 3 is 2.89 bits per heavy atom. The number of fused-ring (bicyclic) bond motifs is 1. The first-order valence-electron chi connectivity index (χ1n) is 6.97. The number of benzene rings is 1. The van der Waals surface area contributed by atoms with Crippen molar-refractivity contribution in [3.8, 4) is 0 Å². The topological polar surface area (TPSA) is 42.6 Å². The number of para-hydroxylation sites is 1. The molecule has 3 rings (SSSR count). The monoisotopic (exact) mass is 260 g/mol. The van der Waals surface area contributed by atoms with Crippen molar-refractivity contribution in [2.45, 2.75) is 44.8 Å². The molecule has 0 bridgehead atoms. The molecule has 0 spiro atoms. The third-order valence-corrected chi connectivity index (χ3v) is 4.03. The Labute approximate surface area is 113 Å². The normalized spacial score (nSPS) is 27.8. The number of hydrogen-bond donors (Lipinski definition) is 1. The molecular weight excluding hydrogens is 240 g/mol. The van der Waals surface area contributed by atoms with Gasteiger partial charge in [0.2, 0.25) is 0 Å². The van der Waals surface area contributed by atoms with Crippen LogP contribution in [0.4, 0.5) is 0 Å². The van der Waals surface area contributed by atoms with Crippen molar-refractivity contribution < 1.29 is 14.3 Å². The highest BCUT2D eigenvalue weighted by Gasteiger charge is 2.39. The first-order valence-corrected chi connectivity index (χ1v) is 6.97. The van der Waals surface area contributed by atoms with Crippen LogP contribution in [0.5, 0.6) is 0 Å². The summed E-state index contributed by atoms with van der Waals surface area (Å²) in [5.74, 6) is 0.884. The second-order valence-corrected chi connectivity index (χ2v) is 5.49. The van der Waals surface area contributed by atoms with E-state index in [1.807, 2.05) is 25.1 Å². The summed E-state index contributed by atoms with van der Waals surface area (Å²) in [5.41, 5.74) is 1.59. The Morgan fingerprint density at radius 1 is 1.37 bits per heavy atom. The van der Waals surface area contributed by atoms with Gasteiger partial charge in [-0.1, -0.05) is 25.1 Å². The van der Waals surface area contributed by atoms with Crippen LogP contribution in [0.2, 0.25) is 0 Å². The Kier molecular flexibility index (Phi) is 3.11. The van der Waals surface area contributed by atoms with E-state index in [9.17, 15) is 5.11 Å². The summed E-state index contributed by atoms with van der Waals surface area (Å²) in [5, 5.41) is 11.1. The summed E-state index contributed by atoms with van der Waals surface area (Å²) in [4.78, 5) is 0. The van der Waals surface area contributed by atoms with E-state index in [4.69, 9.17) is 9.15 Å². The summed E-state index contributed by atoms with van der Waals surface area (Å²) in [7, 11) is 0. The van der Waals surface area contributed by atoms with Crippen molar-refractivity contribution in [3.63, 3.8) is 0 Å². The van der Waals surface area contributed by atoms with E-state index in [-0.39, 0.29) is 6.10 Å². The average molecular weight is 260 g/mol. The predicted octanol–water partition coefficient (Wildman–Crippen LogP) is 3.38. The molecule has 2 aromatic rings. The van der Waals surface area contributed by atoms with E-state index in [2.05, 4.69) is 13.0 Å². The summed E-state index contributed by atoms with van der Waals surface area (Å²) < 4.78 is 12.0. The van der Waals surface area contributed by atoms with Gasteiger partial charge in [-0.25, -0.2) is 0 Å². The first kappa shape index (κ1) is 12.7. The first-order chi connectivity index (χ1) is 9.14. The van der Waals surface area contributed by atoms with Gasteiger partial charge < -0.3 is 14.3 Å². The van der Waals surface area contributed by atoms with Gasteiger partial charge in [0.05, 0.1) is 12.7 Å². The molecule has 1 aromatic heterocycles. The lowest BCUT2D eigenvalue weighted by molar-refractivity contribution is -0.122. The van der Waals surface area contributed by atoms with E-state index in [0.717, 1.165) is 23.2 Å². The van der Waals surface area contributed by atoms with E-state index in [0.29, 0.717) is 19.4 Å². The molecule has 3 heteroatoms. The molecule has 19 heavy (non-hydrogen) atoms. The van der Waals surface area contributed by atoms with Crippen LogP contribution >= 0.6 is 0 Å². The summed E-state index contributed by atoms with van der Waals surface area (Å²) in [6, 6.07) is 8.08. The van der Waals surface area contributed by atoms with E-state index in [1.165, 1.54) is 5.56 Å². The van der Waals surface area contributed by atoms with Crippen LogP contribution in [0.15, 0.2) is 28.7 Å². The minimum absolute atomic E-state index is 0.309. The molecule has 1 aliphatic heterocycles. The Morgan fingerprint density at radius 2 is 2.16 bits per heavy atom. The van der Waals surface area contributed by atoms with Gasteiger partial charge in [-0.15, -0.1) is 0 Å². The molecule has 0 saturated carbocycles. The maximum absolute atomic E-state index is 9.92. The van der Waals surface area contributed by atoms with Gasteiger partial charge in [0, 0.05) is 17.4 Å². The molecule has 1 aliphatic rings. The van der Waals surface area contributed by atoms with Gasteiger partial charge in [0.15, 0.2) is 0 Å². The third-order valence-electron chi connectivity index (χ3n) is 4.03. The molecule has 1 N–H and O–H groups in total. The zero-order valence-corrected chi connectivity index (χ0v) is 11.5. The zero-order chi connectivity index (χ0) is 13.5. The second kappa shape index (κ2) is 4.66. The third kappa shape index (κ3) is 2.07. The molecule has 2 unspecified atom stereocenters. The molecule has 0 amide bonds. The molecule has 1 fully saturated rings. The molecule has 1 aromatic carbocycles. The minimum Gasteiger partial charge on any atom is -0.458 e. The van der Waals surface area contributed by atoms with Crippen molar-refractivity contribution in [1.82, 2.24) is 0 Å². The van der Waals surface area contributed by atoms with Crippen LogP contribution in [0.3, 0.4) is 0 Å². The minimum atomic E-state index is -0.512. The number of hydrogen-bond acceptors (Lipinski definition) is 3. The molecular formula is C16H20O3. The molecule has 3 nitrogen and oxygen atoms in total. The summed E-state index contributed by atoms with van der Waals surface area (Å²) in [6.07, 6.45) is 1.90. The van der Waals surface area contributed by atoms with Crippen LogP contribution in [-0.2, 0) is 16.8 Å². The van der Waals surface area contributed by atoms with Crippen molar-refractivity contribution in [2.24, 2.45) is 0 Å². The Bertz CT molecular complexity index is 587. The van der Waals surface area contributed by atoms with Crippen molar-refractivity contribution >= 4 is 11.0 Å². The van der Waals surface area contributed by atoms with Crippen molar-refractivity contribution in [3.05, 3.63) is 35.6 Å². The Hall–Kier alpha value is -1.32. The highest BCUT2D eigenvalue weighted by Crippen LogP contribution is 2.40. The standard InChI is InChI=1S/C16H20O3/c1-3-12-13-6-4-5-7-14(13)19-15(12)16(2)10-11(17)8-9-18-16/h4-7,11,17H,3,8-10H2,1-2H3. The van der Waals surface area contributed by atoms with Gasteiger partial charge in [-0.2, -0.15) is 0 Å². The largest absolute Gasteiger partial charge is 0.458 e. The van der Waals surface area contributed by atoms with Crippen LogP contribution < -0.4 is 0 Å². The second-order valence-electron chi connectivity index (χ2n) is 5.49. The highest BCUT2D eigenvalue weighted by atomic mass is 16.5. The van der Waals surface area contributed by atoms with Crippen molar-refractivity contribution in [1.29, 1.82) is 0 Å². The quantitative estimate of drug-likeness (QED) is 0.900. The highest BCUT2D eigenvalue weighted by molar-refractivity contribution is 5.82. The number of furan rings is 1. The van der Waals surface area contributed by atoms with Crippen LogP contribution in [0, 0.1) is 0 Å². The fraction of sp³-hybridized carbons (Fsp3) is 0.500. The van der Waals surface area contributed by atoms with Gasteiger partial charge >= 0.3 is 0 Å².